The molecule has 0 spiro atoms. The van der Waals surface area contributed by atoms with Gasteiger partial charge in [-0.1, -0.05) is 50.6 Å². The van der Waals surface area contributed by atoms with Crippen molar-refractivity contribution in [2.75, 3.05) is 0 Å². The van der Waals surface area contributed by atoms with Gasteiger partial charge < -0.3 is 0 Å². The third-order valence-electron chi connectivity index (χ3n) is 8.03. The van der Waals surface area contributed by atoms with Crippen LogP contribution in [0.5, 0.6) is 0 Å². The molecule has 4 aliphatic carbocycles. The fourth-order valence-corrected chi connectivity index (χ4v) is 5.96. The third-order valence-corrected chi connectivity index (χ3v) is 8.03. The highest BCUT2D eigenvalue weighted by Crippen LogP contribution is 2.67. The zero-order valence-electron chi connectivity index (χ0n) is 14.7. The molecule has 0 aromatic carbocycles. The number of fused-ring (bicyclic) bond motifs is 5. The van der Waals surface area contributed by atoms with Crippen molar-refractivity contribution < 1.29 is 4.79 Å². The van der Waals surface area contributed by atoms with E-state index in [0.717, 1.165) is 12.8 Å². The molecular formula is C22H28O. The molecule has 0 N–H and O–H groups in total. The average molecular weight is 308 g/mol. The quantitative estimate of drug-likeness (QED) is 0.592. The molecule has 1 fully saturated rings. The van der Waals surface area contributed by atoms with E-state index in [1.165, 1.54) is 18.4 Å². The summed E-state index contributed by atoms with van der Waals surface area (Å²) in [5.74, 6) is 1.55. The Labute approximate surface area is 140 Å². The Morgan fingerprint density at radius 1 is 1.26 bits per heavy atom. The predicted molar refractivity (Wildman–Crippen MR) is 94.9 cm³/mol. The minimum Gasteiger partial charge on any atom is -0.295 e. The van der Waals surface area contributed by atoms with Crippen LogP contribution in [0.4, 0.5) is 0 Å². The first-order valence-corrected chi connectivity index (χ1v) is 9.11. The highest BCUT2D eigenvalue weighted by Gasteiger charge is 2.58. The van der Waals surface area contributed by atoms with Crippen LogP contribution < -0.4 is 0 Å². The highest BCUT2D eigenvalue weighted by atomic mass is 16.1. The van der Waals surface area contributed by atoms with Gasteiger partial charge in [0.25, 0.3) is 0 Å². The largest absolute Gasteiger partial charge is 0.295 e. The first-order valence-electron chi connectivity index (χ1n) is 9.11. The molecule has 0 aromatic rings. The van der Waals surface area contributed by atoms with Crippen LogP contribution in [-0.2, 0) is 4.79 Å². The molecule has 2 unspecified atom stereocenters. The summed E-state index contributed by atoms with van der Waals surface area (Å²) in [5, 5.41) is 0. The fourth-order valence-electron chi connectivity index (χ4n) is 5.96. The maximum Gasteiger partial charge on any atom is 0.156 e. The zero-order valence-corrected chi connectivity index (χ0v) is 14.7. The van der Waals surface area contributed by atoms with E-state index in [0.29, 0.717) is 29.5 Å². The van der Waals surface area contributed by atoms with Crippen molar-refractivity contribution in [2.24, 2.45) is 28.1 Å². The summed E-state index contributed by atoms with van der Waals surface area (Å²) in [4.78, 5) is 11.8. The fraction of sp³-hybridized carbons (Fsp3) is 0.591. The second kappa shape index (κ2) is 4.59. The summed E-state index contributed by atoms with van der Waals surface area (Å²) >= 11 is 0. The van der Waals surface area contributed by atoms with Crippen LogP contribution in [0.2, 0.25) is 0 Å². The topological polar surface area (TPSA) is 17.1 Å². The van der Waals surface area contributed by atoms with E-state index in [1.54, 1.807) is 5.57 Å². The van der Waals surface area contributed by atoms with Gasteiger partial charge in [-0.15, -0.1) is 6.58 Å². The van der Waals surface area contributed by atoms with Crippen LogP contribution in [0.25, 0.3) is 0 Å². The predicted octanol–water partition coefficient (Wildman–Crippen LogP) is 5.41. The highest BCUT2D eigenvalue weighted by molar-refractivity contribution is 5.92. The number of carbonyl (C=O) groups excluding carboxylic acids is 1. The van der Waals surface area contributed by atoms with Crippen LogP contribution in [0, 0.1) is 28.1 Å². The number of carbonyl (C=O) groups is 1. The van der Waals surface area contributed by atoms with Gasteiger partial charge >= 0.3 is 0 Å². The van der Waals surface area contributed by atoms with E-state index in [2.05, 4.69) is 51.7 Å². The maximum absolute atomic E-state index is 11.8. The Morgan fingerprint density at radius 2 is 2.04 bits per heavy atom. The third kappa shape index (κ3) is 1.77. The number of hydrogen-bond acceptors (Lipinski definition) is 1. The Kier molecular flexibility index (Phi) is 3.03. The summed E-state index contributed by atoms with van der Waals surface area (Å²) in [6.07, 6.45) is 16.7. The average Bonchev–Trinajstić information content (AvgIpc) is 2.80. The van der Waals surface area contributed by atoms with Crippen molar-refractivity contribution in [2.45, 2.75) is 52.9 Å². The molecule has 23 heavy (non-hydrogen) atoms. The zero-order chi connectivity index (χ0) is 16.5. The monoisotopic (exact) mass is 308 g/mol. The van der Waals surface area contributed by atoms with Crippen molar-refractivity contribution in [1.82, 2.24) is 0 Å². The van der Waals surface area contributed by atoms with Gasteiger partial charge in [0, 0.05) is 17.8 Å². The number of ketones is 1. The molecule has 4 rings (SSSR count). The minimum absolute atomic E-state index is 0.0851. The van der Waals surface area contributed by atoms with Crippen molar-refractivity contribution >= 4 is 5.78 Å². The van der Waals surface area contributed by atoms with E-state index >= 15 is 0 Å². The lowest BCUT2D eigenvalue weighted by Crippen LogP contribution is -2.45. The molecule has 1 nitrogen and oxygen atoms in total. The number of allylic oxidation sites excluding steroid dienone is 7. The van der Waals surface area contributed by atoms with E-state index in [9.17, 15) is 4.79 Å². The van der Waals surface area contributed by atoms with E-state index < -0.39 is 0 Å². The van der Waals surface area contributed by atoms with Gasteiger partial charge in [0.2, 0.25) is 0 Å². The molecule has 0 aliphatic heterocycles. The lowest BCUT2D eigenvalue weighted by Gasteiger charge is -2.53. The molecule has 0 amide bonds. The maximum atomic E-state index is 11.8. The molecule has 1 saturated carbocycles. The van der Waals surface area contributed by atoms with Gasteiger partial charge in [0.15, 0.2) is 5.78 Å². The van der Waals surface area contributed by atoms with Gasteiger partial charge in [-0.05, 0) is 54.1 Å². The van der Waals surface area contributed by atoms with Crippen molar-refractivity contribution in [3.05, 3.63) is 48.1 Å². The number of hydrogen-bond donors (Lipinski definition) is 0. The summed E-state index contributed by atoms with van der Waals surface area (Å²) in [5.41, 5.74) is 3.48. The van der Waals surface area contributed by atoms with Gasteiger partial charge in [-0.2, -0.15) is 0 Å². The van der Waals surface area contributed by atoms with Crippen LogP contribution in [0.3, 0.4) is 0 Å². The first-order chi connectivity index (χ1) is 10.8. The molecule has 0 radical (unpaired) electrons. The van der Waals surface area contributed by atoms with Gasteiger partial charge in [0.05, 0.1) is 0 Å². The minimum atomic E-state index is 0.0851. The standard InChI is InChI=1S/C22H28O/c1-5-20(2)11-9-19-17-7-6-15-14-16(23)8-12-21(15,3)18(17)10-13-22(19,20)4/h5-7,10,14,17,19H,1,8-9,11-13H2,2-4H3/t17?,19?,20-,21+,22+/m1/s1. The van der Waals surface area contributed by atoms with Crippen LogP contribution in [-0.4, -0.2) is 5.78 Å². The molecule has 5 atom stereocenters. The summed E-state index contributed by atoms with van der Waals surface area (Å²) < 4.78 is 0. The van der Waals surface area contributed by atoms with Crippen molar-refractivity contribution in [3.8, 4) is 0 Å². The van der Waals surface area contributed by atoms with Crippen molar-refractivity contribution in [3.63, 3.8) is 0 Å². The van der Waals surface area contributed by atoms with Crippen LogP contribution in [0.1, 0.15) is 52.9 Å². The lowest BCUT2D eigenvalue weighted by molar-refractivity contribution is -0.115. The van der Waals surface area contributed by atoms with Gasteiger partial charge in [0.1, 0.15) is 0 Å². The smallest absolute Gasteiger partial charge is 0.156 e. The second-order valence-electron chi connectivity index (χ2n) is 8.83. The molecule has 0 saturated heterocycles. The molecule has 4 aliphatic rings. The Morgan fingerprint density at radius 3 is 2.78 bits per heavy atom. The SMILES string of the molecule is C=C[C@]1(C)CCC2C3C=CC4=CC(=O)CC[C@]4(C)C3=CC[C@@]21C. The Bertz CT molecular complexity index is 678. The normalized spacial score (nSPS) is 48.0. The molecule has 0 aromatic heterocycles. The van der Waals surface area contributed by atoms with Gasteiger partial charge in [-0.25, -0.2) is 0 Å². The Balaban J connectivity index is 1.81. The number of rotatable bonds is 1. The summed E-state index contributed by atoms with van der Waals surface area (Å²) in [6, 6.07) is 0. The van der Waals surface area contributed by atoms with Crippen molar-refractivity contribution in [1.29, 1.82) is 0 Å². The molecule has 0 heterocycles. The van der Waals surface area contributed by atoms with Crippen LogP contribution >= 0.6 is 0 Å². The second-order valence-corrected chi connectivity index (χ2v) is 8.83. The Hall–Kier alpha value is -1.37. The molecular weight excluding hydrogens is 280 g/mol. The lowest BCUT2D eigenvalue weighted by atomic mass is 9.51. The van der Waals surface area contributed by atoms with Gasteiger partial charge in [-0.3, -0.25) is 4.79 Å². The first kappa shape index (κ1) is 15.2. The summed E-state index contributed by atoms with van der Waals surface area (Å²) in [7, 11) is 0. The summed E-state index contributed by atoms with van der Waals surface area (Å²) in [6.45, 7) is 11.4. The van der Waals surface area contributed by atoms with Crippen LogP contribution in [0.15, 0.2) is 48.1 Å². The van der Waals surface area contributed by atoms with E-state index in [4.69, 9.17) is 0 Å². The van der Waals surface area contributed by atoms with E-state index in [1.807, 2.05) is 6.08 Å². The van der Waals surface area contributed by atoms with E-state index in [-0.39, 0.29) is 10.8 Å². The molecule has 0 bridgehead atoms. The molecule has 1 heteroatoms. The molecule has 122 valence electrons.